The fraction of sp³-hybridized carbons (Fsp3) is 0.200. The number of hydrazine groups is 1. The summed E-state index contributed by atoms with van der Waals surface area (Å²) < 4.78 is 1.42. The number of rotatable bonds is 5. The quantitative estimate of drug-likeness (QED) is 0.444. The van der Waals surface area contributed by atoms with Crippen molar-refractivity contribution in [2.75, 3.05) is 10.7 Å². The molecule has 0 aliphatic carbocycles. The van der Waals surface area contributed by atoms with E-state index in [1.807, 2.05) is 12.3 Å². The van der Waals surface area contributed by atoms with E-state index in [1.165, 1.54) is 17.3 Å². The smallest absolute Gasteiger partial charge is 0.258 e. The Balaban J connectivity index is 1.82. The van der Waals surface area contributed by atoms with Gasteiger partial charge in [-0.05, 0) is 6.92 Å². The summed E-state index contributed by atoms with van der Waals surface area (Å²) in [6.07, 6.45) is 2.88. The molecule has 0 radical (unpaired) electrons. The molecule has 0 aromatic carbocycles. The van der Waals surface area contributed by atoms with Crippen molar-refractivity contribution in [2.45, 2.75) is 13.5 Å². The van der Waals surface area contributed by atoms with Gasteiger partial charge in [0.05, 0.1) is 17.2 Å². The predicted octanol–water partition coefficient (Wildman–Crippen LogP) is 0.115. The van der Waals surface area contributed by atoms with Crippen LogP contribution >= 0.6 is 11.3 Å². The zero-order valence-corrected chi connectivity index (χ0v) is 11.9. The SMILES string of the molecule is Cc1nc(CNc2nc(NN)nc(-n3cncn3)n2)cs1. The van der Waals surface area contributed by atoms with Gasteiger partial charge in [0.15, 0.2) is 0 Å². The number of nitrogens with two attached hydrogens (primary N) is 1. The van der Waals surface area contributed by atoms with E-state index in [0.29, 0.717) is 18.4 Å². The van der Waals surface area contributed by atoms with E-state index in [2.05, 4.69) is 40.8 Å². The predicted molar refractivity (Wildman–Crippen MR) is 76.7 cm³/mol. The number of aromatic nitrogens is 7. The summed E-state index contributed by atoms with van der Waals surface area (Å²) in [5, 5.41) is 10.0. The summed E-state index contributed by atoms with van der Waals surface area (Å²) in [5.74, 6) is 6.28. The maximum Gasteiger partial charge on any atom is 0.258 e. The highest BCUT2D eigenvalue weighted by atomic mass is 32.1. The van der Waals surface area contributed by atoms with Gasteiger partial charge in [0.1, 0.15) is 12.7 Å². The molecule has 3 aromatic heterocycles. The van der Waals surface area contributed by atoms with Crippen LogP contribution in [0.3, 0.4) is 0 Å². The molecule has 21 heavy (non-hydrogen) atoms. The number of hydrogen-bond acceptors (Lipinski definition) is 10. The second-order valence-corrected chi connectivity index (χ2v) is 5.04. The number of hydrogen-bond donors (Lipinski definition) is 3. The largest absolute Gasteiger partial charge is 0.348 e. The van der Waals surface area contributed by atoms with Crippen LogP contribution < -0.4 is 16.6 Å². The van der Waals surface area contributed by atoms with Crippen molar-refractivity contribution in [3.8, 4) is 5.95 Å². The second-order valence-electron chi connectivity index (χ2n) is 3.98. The topological polar surface area (TPSA) is 132 Å². The molecule has 10 nitrogen and oxygen atoms in total. The molecule has 0 spiro atoms. The van der Waals surface area contributed by atoms with Gasteiger partial charge in [-0.15, -0.1) is 11.3 Å². The van der Waals surface area contributed by atoms with Gasteiger partial charge in [0, 0.05) is 5.38 Å². The Labute approximate surface area is 123 Å². The first kappa shape index (κ1) is 13.3. The fourth-order valence-corrected chi connectivity index (χ4v) is 2.19. The molecule has 3 rings (SSSR count). The third-order valence-corrected chi connectivity index (χ3v) is 3.29. The van der Waals surface area contributed by atoms with Gasteiger partial charge >= 0.3 is 0 Å². The Morgan fingerprint density at radius 2 is 2.10 bits per heavy atom. The molecule has 0 atom stereocenters. The van der Waals surface area contributed by atoms with Crippen molar-refractivity contribution in [3.63, 3.8) is 0 Å². The maximum atomic E-state index is 5.37. The Hall–Kier alpha value is -2.66. The number of nitrogens with one attached hydrogen (secondary N) is 2. The molecule has 0 bridgehead atoms. The number of anilines is 2. The molecule has 0 saturated heterocycles. The van der Waals surface area contributed by atoms with Crippen LogP contribution in [0.4, 0.5) is 11.9 Å². The van der Waals surface area contributed by atoms with E-state index < -0.39 is 0 Å². The number of nitrogens with zero attached hydrogens (tertiary/aromatic N) is 7. The molecule has 0 fully saturated rings. The van der Waals surface area contributed by atoms with Crippen LogP contribution in [0.5, 0.6) is 0 Å². The Bertz CT molecular complexity index is 721. The third kappa shape index (κ3) is 3.09. The van der Waals surface area contributed by atoms with Gasteiger partial charge in [-0.1, -0.05) is 0 Å². The van der Waals surface area contributed by atoms with Crippen molar-refractivity contribution < 1.29 is 0 Å². The van der Waals surface area contributed by atoms with Crippen molar-refractivity contribution in [2.24, 2.45) is 5.84 Å². The highest BCUT2D eigenvalue weighted by Crippen LogP contribution is 2.11. The molecule has 3 heterocycles. The van der Waals surface area contributed by atoms with Crippen molar-refractivity contribution in [3.05, 3.63) is 28.7 Å². The minimum absolute atomic E-state index is 0.229. The minimum atomic E-state index is 0.229. The van der Waals surface area contributed by atoms with E-state index in [4.69, 9.17) is 5.84 Å². The number of nitrogen functional groups attached to an aromatic ring is 1. The van der Waals surface area contributed by atoms with Crippen molar-refractivity contribution in [1.82, 2.24) is 34.7 Å². The van der Waals surface area contributed by atoms with Gasteiger partial charge in [-0.3, -0.25) is 5.43 Å². The standard InChI is InChI=1S/C10H12N10S/c1-6-15-7(3-21-6)2-13-8-16-9(19-11)18-10(17-8)20-5-12-4-14-20/h3-5H,2,11H2,1H3,(H2,13,16,17,18,19). The molecule has 0 aliphatic rings. The summed E-state index contributed by atoms with van der Waals surface area (Å²) >= 11 is 1.59. The lowest BCUT2D eigenvalue weighted by atomic mass is 10.5. The Morgan fingerprint density at radius 1 is 1.24 bits per heavy atom. The average Bonchev–Trinajstić information content (AvgIpc) is 3.16. The monoisotopic (exact) mass is 304 g/mol. The summed E-state index contributed by atoms with van der Waals surface area (Å²) in [6.45, 7) is 2.46. The van der Waals surface area contributed by atoms with E-state index in [-0.39, 0.29) is 5.95 Å². The van der Waals surface area contributed by atoms with Crippen LogP contribution in [0.1, 0.15) is 10.7 Å². The van der Waals surface area contributed by atoms with Crippen molar-refractivity contribution >= 4 is 23.2 Å². The lowest BCUT2D eigenvalue weighted by molar-refractivity contribution is 0.793. The van der Waals surface area contributed by atoms with Crippen LogP contribution in [0.2, 0.25) is 0 Å². The molecule has 4 N–H and O–H groups in total. The highest BCUT2D eigenvalue weighted by Gasteiger charge is 2.08. The first-order chi connectivity index (χ1) is 10.2. The molecule has 0 saturated carbocycles. The Morgan fingerprint density at radius 3 is 2.76 bits per heavy atom. The zero-order valence-electron chi connectivity index (χ0n) is 11.1. The van der Waals surface area contributed by atoms with Gasteiger partial charge in [0.25, 0.3) is 5.95 Å². The summed E-state index contributed by atoms with van der Waals surface area (Å²) in [4.78, 5) is 20.7. The minimum Gasteiger partial charge on any atom is -0.348 e. The van der Waals surface area contributed by atoms with E-state index in [9.17, 15) is 0 Å². The van der Waals surface area contributed by atoms with Crippen molar-refractivity contribution in [1.29, 1.82) is 0 Å². The van der Waals surface area contributed by atoms with Crippen LogP contribution in [0, 0.1) is 6.92 Å². The zero-order chi connectivity index (χ0) is 14.7. The highest BCUT2D eigenvalue weighted by molar-refractivity contribution is 7.09. The summed E-state index contributed by atoms with van der Waals surface area (Å²) in [7, 11) is 0. The van der Waals surface area contributed by atoms with Crippen LogP contribution in [-0.4, -0.2) is 34.7 Å². The van der Waals surface area contributed by atoms with Gasteiger partial charge in [0.2, 0.25) is 11.9 Å². The molecule has 11 heteroatoms. The lowest BCUT2D eigenvalue weighted by Crippen LogP contribution is -2.16. The van der Waals surface area contributed by atoms with E-state index >= 15 is 0 Å². The molecule has 0 unspecified atom stereocenters. The third-order valence-electron chi connectivity index (χ3n) is 2.47. The average molecular weight is 304 g/mol. The maximum absolute atomic E-state index is 5.37. The molecule has 0 aliphatic heterocycles. The molecule has 0 amide bonds. The normalized spacial score (nSPS) is 10.6. The summed E-state index contributed by atoms with van der Waals surface area (Å²) in [6, 6.07) is 0. The Kier molecular flexibility index (Phi) is 3.66. The van der Waals surface area contributed by atoms with Gasteiger partial charge < -0.3 is 5.32 Å². The van der Waals surface area contributed by atoms with Crippen LogP contribution in [0.25, 0.3) is 5.95 Å². The van der Waals surface area contributed by atoms with Crippen LogP contribution in [0.15, 0.2) is 18.0 Å². The van der Waals surface area contributed by atoms with E-state index in [0.717, 1.165) is 10.7 Å². The second kappa shape index (κ2) is 5.76. The van der Waals surface area contributed by atoms with Crippen LogP contribution in [-0.2, 0) is 6.54 Å². The molecular weight excluding hydrogens is 292 g/mol. The number of thiazole rings is 1. The first-order valence-corrected chi connectivity index (χ1v) is 6.85. The first-order valence-electron chi connectivity index (χ1n) is 5.97. The van der Waals surface area contributed by atoms with E-state index in [1.54, 1.807) is 11.3 Å². The molecular formula is C10H12N10S. The van der Waals surface area contributed by atoms with Gasteiger partial charge in [-0.2, -0.15) is 24.7 Å². The number of aryl methyl sites for hydroxylation is 1. The fourth-order valence-electron chi connectivity index (χ4n) is 1.58. The lowest BCUT2D eigenvalue weighted by Gasteiger charge is -2.07. The molecule has 108 valence electrons. The molecule has 3 aromatic rings. The summed E-state index contributed by atoms with van der Waals surface area (Å²) in [5.41, 5.74) is 3.31. The van der Waals surface area contributed by atoms with Gasteiger partial charge in [-0.25, -0.2) is 15.8 Å².